The molecule has 0 atom stereocenters. The van der Waals surface area contributed by atoms with Crippen molar-refractivity contribution < 1.29 is 5.21 Å². The Bertz CT molecular complexity index is 368. The first-order valence-corrected chi connectivity index (χ1v) is 5.90. The number of amidine groups is 1. The molecule has 0 amide bonds. The third kappa shape index (κ3) is 5.24. The van der Waals surface area contributed by atoms with Gasteiger partial charge >= 0.3 is 0 Å². The number of hydrogen-bond acceptors (Lipinski definition) is 3. The number of nitrogens with one attached hydrogen (secondary N) is 1. The molecule has 4 nitrogen and oxygen atoms in total. The highest BCUT2D eigenvalue weighted by Crippen LogP contribution is 2.13. The molecule has 0 heterocycles. The molecule has 0 saturated carbocycles. The lowest BCUT2D eigenvalue weighted by atomic mass is 10.1. The average molecular weight is 235 g/mol. The Balaban J connectivity index is 2.26. The van der Waals surface area contributed by atoms with Gasteiger partial charge in [-0.05, 0) is 49.9 Å². The second-order valence-corrected chi connectivity index (χ2v) is 4.35. The standard InChI is InChI=1S/C13H21N3O/c1-10-7-11(2)9-12(8-10)15-6-4-3-5-13(14)16-17/h7-9,15,17H,3-6H2,1-2H3,(H2,14,16). The first kappa shape index (κ1) is 13.4. The van der Waals surface area contributed by atoms with Gasteiger partial charge in [-0.1, -0.05) is 11.2 Å². The van der Waals surface area contributed by atoms with Crippen molar-refractivity contribution in [3.63, 3.8) is 0 Å². The van der Waals surface area contributed by atoms with Crippen LogP contribution < -0.4 is 11.1 Å². The first-order valence-electron chi connectivity index (χ1n) is 5.90. The minimum absolute atomic E-state index is 0.302. The Morgan fingerprint density at radius 2 is 1.88 bits per heavy atom. The van der Waals surface area contributed by atoms with Crippen LogP contribution in [-0.2, 0) is 0 Å². The van der Waals surface area contributed by atoms with Gasteiger partial charge in [-0.2, -0.15) is 0 Å². The van der Waals surface area contributed by atoms with E-state index >= 15 is 0 Å². The number of aryl methyl sites for hydroxylation is 2. The molecule has 17 heavy (non-hydrogen) atoms. The van der Waals surface area contributed by atoms with Gasteiger partial charge in [0.2, 0.25) is 0 Å². The number of hydrogen-bond donors (Lipinski definition) is 3. The fourth-order valence-corrected chi connectivity index (χ4v) is 1.79. The van der Waals surface area contributed by atoms with E-state index in [1.807, 2.05) is 0 Å². The molecule has 94 valence electrons. The topological polar surface area (TPSA) is 70.6 Å². The van der Waals surface area contributed by atoms with E-state index in [1.165, 1.54) is 11.1 Å². The van der Waals surface area contributed by atoms with Crippen LogP contribution in [-0.4, -0.2) is 17.6 Å². The lowest BCUT2D eigenvalue weighted by Gasteiger charge is -2.08. The molecule has 4 heteroatoms. The Kier molecular flexibility index (Phi) is 5.33. The molecule has 0 fully saturated rings. The number of oxime groups is 1. The molecule has 0 aromatic heterocycles. The molecule has 0 saturated heterocycles. The van der Waals surface area contributed by atoms with Crippen molar-refractivity contribution in [1.29, 1.82) is 0 Å². The molecule has 0 bridgehead atoms. The molecule has 0 aliphatic heterocycles. The zero-order chi connectivity index (χ0) is 12.7. The van der Waals surface area contributed by atoms with Crippen LogP contribution in [0.4, 0.5) is 5.69 Å². The van der Waals surface area contributed by atoms with E-state index < -0.39 is 0 Å². The van der Waals surface area contributed by atoms with Crippen LogP contribution in [0, 0.1) is 13.8 Å². The maximum absolute atomic E-state index is 8.38. The zero-order valence-electron chi connectivity index (χ0n) is 10.5. The van der Waals surface area contributed by atoms with Gasteiger partial charge in [-0.15, -0.1) is 0 Å². The molecule has 1 aromatic rings. The van der Waals surface area contributed by atoms with Gasteiger partial charge in [-0.3, -0.25) is 0 Å². The molecule has 0 unspecified atom stereocenters. The van der Waals surface area contributed by atoms with Gasteiger partial charge in [0.15, 0.2) is 0 Å². The van der Waals surface area contributed by atoms with Crippen molar-refractivity contribution in [2.45, 2.75) is 33.1 Å². The predicted molar refractivity (Wildman–Crippen MR) is 71.7 cm³/mol. The van der Waals surface area contributed by atoms with Gasteiger partial charge in [-0.25, -0.2) is 0 Å². The summed E-state index contributed by atoms with van der Waals surface area (Å²) in [6.45, 7) is 5.09. The van der Waals surface area contributed by atoms with Gasteiger partial charge < -0.3 is 16.3 Å². The summed E-state index contributed by atoms with van der Waals surface area (Å²) in [4.78, 5) is 0. The fraction of sp³-hybridized carbons (Fsp3) is 0.462. The van der Waals surface area contributed by atoms with E-state index in [-0.39, 0.29) is 0 Å². The van der Waals surface area contributed by atoms with Crippen LogP contribution in [0.15, 0.2) is 23.4 Å². The zero-order valence-corrected chi connectivity index (χ0v) is 10.5. The Hall–Kier alpha value is -1.71. The van der Waals surface area contributed by atoms with E-state index in [9.17, 15) is 0 Å². The maximum Gasteiger partial charge on any atom is 0.139 e. The third-order valence-corrected chi connectivity index (χ3v) is 2.54. The molecule has 1 rings (SSSR count). The molecular formula is C13H21N3O. The lowest BCUT2D eigenvalue weighted by molar-refractivity contribution is 0.316. The number of nitrogens with two attached hydrogens (primary N) is 1. The average Bonchev–Trinajstić information content (AvgIpc) is 2.27. The van der Waals surface area contributed by atoms with Crippen LogP contribution in [0.2, 0.25) is 0 Å². The second kappa shape index (κ2) is 6.78. The summed E-state index contributed by atoms with van der Waals surface area (Å²) in [6, 6.07) is 6.43. The third-order valence-electron chi connectivity index (χ3n) is 2.54. The normalized spacial score (nSPS) is 11.5. The summed E-state index contributed by atoms with van der Waals surface area (Å²) in [5.41, 5.74) is 9.08. The quantitative estimate of drug-likeness (QED) is 0.233. The molecule has 0 radical (unpaired) electrons. The highest BCUT2D eigenvalue weighted by Gasteiger charge is 1.96. The summed E-state index contributed by atoms with van der Waals surface area (Å²) < 4.78 is 0. The highest BCUT2D eigenvalue weighted by molar-refractivity contribution is 5.79. The van der Waals surface area contributed by atoms with E-state index in [0.717, 1.165) is 25.1 Å². The first-order chi connectivity index (χ1) is 8.11. The molecular weight excluding hydrogens is 214 g/mol. The minimum Gasteiger partial charge on any atom is -0.409 e. The molecule has 0 spiro atoms. The fourth-order valence-electron chi connectivity index (χ4n) is 1.79. The van der Waals surface area contributed by atoms with Crippen LogP contribution in [0.5, 0.6) is 0 Å². The smallest absolute Gasteiger partial charge is 0.139 e. The number of rotatable bonds is 6. The number of benzene rings is 1. The number of anilines is 1. The van der Waals surface area contributed by atoms with Crippen molar-refractivity contribution in [1.82, 2.24) is 0 Å². The maximum atomic E-state index is 8.38. The van der Waals surface area contributed by atoms with E-state index in [0.29, 0.717) is 12.3 Å². The van der Waals surface area contributed by atoms with Crippen molar-refractivity contribution in [2.24, 2.45) is 10.9 Å². The van der Waals surface area contributed by atoms with E-state index in [4.69, 9.17) is 10.9 Å². The van der Waals surface area contributed by atoms with Gasteiger partial charge in [0.05, 0.1) is 0 Å². The second-order valence-electron chi connectivity index (χ2n) is 4.35. The van der Waals surface area contributed by atoms with Gasteiger partial charge in [0, 0.05) is 18.7 Å². The summed E-state index contributed by atoms with van der Waals surface area (Å²) in [5, 5.41) is 14.7. The van der Waals surface area contributed by atoms with E-state index in [2.05, 4.69) is 42.5 Å². The summed E-state index contributed by atoms with van der Waals surface area (Å²) in [7, 11) is 0. The van der Waals surface area contributed by atoms with Gasteiger partial charge in [0.25, 0.3) is 0 Å². The van der Waals surface area contributed by atoms with Crippen molar-refractivity contribution in [3.8, 4) is 0 Å². The Labute approximate surface area is 103 Å². The van der Waals surface area contributed by atoms with Crippen molar-refractivity contribution in [3.05, 3.63) is 29.3 Å². The predicted octanol–water partition coefficient (Wildman–Crippen LogP) is 2.63. The van der Waals surface area contributed by atoms with E-state index in [1.54, 1.807) is 0 Å². The Morgan fingerprint density at radius 1 is 1.24 bits per heavy atom. The van der Waals surface area contributed by atoms with Crippen molar-refractivity contribution >= 4 is 11.5 Å². The number of unbranched alkanes of at least 4 members (excludes halogenated alkanes) is 1. The SMILES string of the molecule is Cc1cc(C)cc(NCCCCC(N)=NO)c1. The highest BCUT2D eigenvalue weighted by atomic mass is 16.4. The summed E-state index contributed by atoms with van der Waals surface area (Å²) in [6.07, 6.45) is 2.57. The molecule has 4 N–H and O–H groups in total. The minimum atomic E-state index is 0.302. The van der Waals surface area contributed by atoms with Crippen LogP contribution in [0.3, 0.4) is 0 Å². The van der Waals surface area contributed by atoms with Crippen LogP contribution in [0.25, 0.3) is 0 Å². The lowest BCUT2D eigenvalue weighted by Crippen LogP contribution is -2.11. The Morgan fingerprint density at radius 3 is 2.47 bits per heavy atom. The van der Waals surface area contributed by atoms with Crippen LogP contribution >= 0.6 is 0 Å². The molecule has 0 aliphatic rings. The summed E-state index contributed by atoms with van der Waals surface area (Å²) in [5.74, 6) is 0.302. The molecule has 0 aliphatic carbocycles. The number of nitrogens with zero attached hydrogens (tertiary/aromatic N) is 1. The largest absolute Gasteiger partial charge is 0.409 e. The van der Waals surface area contributed by atoms with Crippen molar-refractivity contribution in [2.75, 3.05) is 11.9 Å². The van der Waals surface area contributed by atoms with Crippen LogP contribution in [0.1, 0.15) is 30.4 Å². The monoisotopic (exact) mass is 235 g/mol. The summed E-state index contributed by atoms with van der Waals surface area (Å²) >= 11 is 0. The van der Waals surface area contributed by atoms with Gasteiger partial charge in [0.1, 0.15) is 5.84 Å². The molecule has 1 aromatic carbocycles.